The van der Waals surface area contributed by atoms with Crippen LogP contribution in [-0.2, 0) is 17.8 Å². The van der Waals surface area contributed by atoms with E-state index in [9.17, 15) is 9.59 Å². The number of aliphatic hydroxyl groups excluding tert-OH is 1. The van der Waals surface area contributed by atoms with Gasteiger partial charge in [0.1, 0.15) is 0 Å². The number of aliphatic hydroxyl groups is 1. The van der Waals surface area contributed by atoms with E-state index in [2.05, 4.69) is 10.4 Å². The number of benzene rings is 1. The molecule has 0 unspecified atom stereocenters. The molecule has 3 aromatic rings. The van der Waals surface area contributed by atoms with E-state index in [1.807, 2.05) is 19.1 Å². The van der Waals surface area contributed by atoms with Gasteiger partial charge in [-0.25, -0.2) is 0 Å². The summed E-state index contributed by atoms with van der Waals surface area (Å²) in [6, 6.07) is 8.59. The molecule has 0 atom stereocenters. The van der Waals surface area contributed by atoms with Crippen LogP contribution in [0.1, 0.15) is 13.3 Å². The largest absolute Gasteiger partial charge is 0.395 e. The van der Waals surface area contributed by atoms with E-state index < -0.39 is 0 Å². The van der Waals surface area contributed by atoms with Crippen LogP contribution in [0.4, 0.5) is 0 Å². The van der Waals surface area contributed by atoms with Crippen molar-refractivity contribution in [2.75, 3.05) is 32.9 Å². The van der Waals surface area contributed by atoms with Crippen LogP contribution in [0.25, 0.3) is 22.2 Å². The van der Waals surface area contributed by atoms with Crippen molar-refractivity contribution in [3.05, 3.63) is 56.1 Å². The summed E-state index contributed by atoms with van der Waals surface area (Å²) in [5.41, 5.74) is 1.45. The first-order chi connectivity index (χ1) is 14.6. The number of ether oxygens (including phenoxy) is 1. The number of nitrogens with zero attached hydrogens (tertiary/aromatic N) is 2. The van der Waals surface area contributed by atoms with E-state index in [1.54, 1.807) is 16.7 Å². The molecule has 0 radical (unpaired) electrons. The van der Waals surface area contributed by atoms with Crippen molar-refractivity contribution < 1.29 is 9.84 Å². The first-order valence-electron chi connectivity index (χ1n) is 10.1. The molecule has 0 aliphatic carbocycles. The summed E-state index contributed by atoms with van der Waals surface area (Å²) in [5, 5.41) is 16.0. The summed E-state index contributed by atoms with van der Waals surface area (Å²) < 4.78 is 8.52. The highest BCUT2D eigenvalue weighted by Crippen LogP contribution is 2.26. The Hall–Kier alpha value is -2.39. The molecular formula is C21H27ClN4O4. The molecule has 9 heteroatoms. The molecule has 0 saturated heterocycles. The Kier molecular flexibility index (Phi) is 7.87. The van der Waals surface area contributed by atoms with Crippen LogP contribution in [0.15, 0.2) is 39.9 Å². The Morgan fingerprint density at radius 3 is 2.63 bits per heavy atom. The van der Waals surface area contributed by atoms with Gasteiger partial charge in [-0.15, -0.1) is 0 Å². The number of H-pyrrole nitrogens is 1. The number of halogens is 1. The van der Waals surface area contributed by atoms with Crippen LogP contribution >= 0.6 is 11.6 Å². The van der Waals surface area contributed by atoms with E-state index in [1.165, 1.54) is 10.7 Å². The zero-order chi connectivity index (χ0) is 21.5. The molecular weight excluding hydrogens is 408 g/mol. The highest BCUT2D eigenvalue weighted by molar-refractivity contribution is 6.30. The van der Waals surface area contributed by atoms with Crippen molar-refractivity contribution in [2.45, 2.75) is 26.4 Å². The van der Waals surface area contributed by atoms with Gasteiger partial charge in [-0.3, -0.25) is 19.4 Å². The molecule has 3 rings (SSSR count). The molecule has 2 aromatic heterocycles. The fourth-order valence-corrected chi connectivity index (χ4v) is 3.56. The zero-order valence-electron chi connectivity index (χ0n) is 17.0. The third-order valence-electron chi connectivity index (χ3n) is 4.82. The van der Waals surface area contributed by atoms with Gasteiger partial charge in [-0.1, -0.05) is 23.7 Å². The molecule has 0 saturated carbocycles. The smallest absolute Gasteiger partial charge is 0.276 e. The minimum Gasteiger partial charge on any atom is -0.395 e. The van der Waals surface area contributed by atoms with E-state index in [4.69, 9.17) is 21.4 Å². The van der Waals surface area contributed by atoms with E-state index in [0.717, 1.165) is 5.56 Å². The molecule has 3 N–H and O–H groups in total. The van der Waals surface area contributed by atoms with Crippen LogP contribution in [0.2, 0.25) is 5.02 Å². The maximum absolute atomic E-state index is 13.2. The number of nitrogens with one attached hydrogen (secondary N) is 2. The van der Waals surface area contributed by atoms with Crippen LogP contribution in [0, 0.1) is 0 Å². The van der Waals surface area contributed by atoms with E-state index >= 15 is 0 Å². The molecule has 162 valence electrons. The Morgan fingerprint density at radius 2 is 1.93 bits per heavy atom. The van der Waals surface area contributed by atoms with Gasteiger partial charge < -0.3 is 19.7 Å². The van der Waals surface area contributed by atoms with Crippen molar-refractivity contribution in [3.8, 4) is 11.3 Å². The molecule has 8 nitrogen and oxygen atoms in total. The van der Waals surface area contributed by atoms with Crippen LogP contribution < -0.4 is 16.4 Å². The second-order valence-electron chi connectivity index (χ2n) is 6.87. The minimum absolute atomic E-state index is 0.0314. The van der Waals surface area contributed by atoms with Crippen LogP contribution in [0.3, 0.4) is 0 Å². The zero-order valence-corrected chi connectivity index (χ0v) is 17.7. The molecule has 30 heavy (non-hydrogen) atoms. The maximum atomic E-state index is 13.2. The molecule has 2 heterocycles. The fraction of sp³-hybridized carbons (Fsp3) is 0.429. The van der Waals surface area contributed by atoms with E-state index in [-0.39, 0.29) is 17.7 Å². The van der Waals surface area contributed by atoms with Crippen molar-refractivity contribution in [2.24, 2.45) is 0 Å². The number of hydrogen-bond acceptors (Lipinski definition) is 5. The molecule has 1 aromatic carbocycles. The molecule has 0 spiro atoms. The number of aromatic nitrogens is 3. The SMILES string of the molecule is CCOCCCn1c(-c2ccc(Cl)cc2)c2c(=O)n(CCNCCO)[nH]c2cc1=O. The normalized spacial score (nSPS) is 11.4. The van der Waals surface area contributed by atoms with E-state index in [0.29, 0.717) is 67.4 Å². The third-order valence-corrected chi connectivity index (χ3v) is 5.07. The van der Waals surface area contributed by atoms with Crippen molar-refractivity contribution in [1.29, 1.82) is 0 Å². The molecule has 0 aliphatic rings. The van der Waals surface area contributed by atoms with Crippen LogP contribution in [-0.4, -0.2) is 52.4 Å². The second-order valence-corrected chi connectivity index (χ2v) is 7.31. The first kappa shape index (κ1) is 22.3. The first-order valence-corrected chi connectivity index (χ1v) is 10.5. The quantitative estimate of drug-likeness (QED) is 0.400. The lowest BCUT2D eigenvalue weighted by molar-refractivity contribution is 0.141. The number of rotatable bonds is 11. The lowest BCUT2D eigenvalue weighted by atomic mass is 10.1. The van der Waals surface area contributed by atoms with Crippen LogP contribution in [0.5, 0.6) is 0 Å². The lowest BCUT2D eigenvalue weighted by Crippen LogP contribution is -2.28. The minimum atomic E-state index is -0.195. The topological polar surface area (TPSA) is 101 Å². The highest BCUT2D eigenvalue weighted by Gasteiger charge is 2.18. The Bertz CT molecular complexity index is 1090. The number of pyridine rings is 1. The number of hydrogen-bond donors (Lipinski definition) is 3. The number of aromatic amines is 1. The summed E-state index contributed by atoms with van der Waals surface area (Å²) in [6.45, 7) is 4.91. The maximum Gasteiger partial charge on any atom is 0.276 e. The van der Waals surface area contributed by atoms with Crippen molar-refractivity contribution in [3.63, 3.8) is 0 Å². The number of fused-ring (bicyclic) bond motifs is 1. The molecule has 0 fully saturated rings. The molecule has 0 bridgehead atoms. The lowest BCUT2D eigenvalue weighted by Gasteiger charge is -2.14. The Balaban J connectivity index is 2.09. The van der Waals surface area contributed by atoms with Gasteiger partial charge in [-0.05, 0) is 31.0 Å². The van der Waals surface area contributed by atoms with Gasteiger partial charge in [-0.2, -0.15) is 0 Å². The van der Waals surface area contributed by atoms with Gasteiger partial charge >= 0.3 is 0 Å². The van der Waals surface area contributed by atoms with Gasteiger partial charge in [0.15, 0.2) is 0 Å². The standard InChI is InChI=1S/C21H27ClN4O4/c1-2-30-13-3-10-25-18(28)14-17-19(20(25)15-4-6-16(22)7-5-15)21(29)26(24-17)11-8-23-9-12-27/h4-7,14,23-24,27H,2-3,8-13H2,1H3. The van der Waals surface area contributed by atoms with Gasteiger partial charge in [0.25, 0.3) is 11.1 Å². The van der Waals surface area contributed by atoms with Crippen molar-refractivity contribution >= 4 is 22.5 Å². The highest BCUT2D eigenvalue weighted by atomic mass is 35.5. The fourth-order valence-electron chi connectivity index (χ4n) is 3.43. The van der Waals surface area contributed by atoms with Crippen molar-refractivity contribution in [1.82, 2.24) is 19.7 Å². The summed E-state index contributed by atoms with van der Waals surface area (Å²) in [4.78, 5) is 26.1. The Morgan fingerprint density at radius 1 is 1.17 bits per heavy atom. The predicted molar refractivity (Wildman–Crippen MR) is 118 cm³/mol. The molecule has 0 amide bonds. The summed E-state index contributed by atoms with van der Waals surface area (Å²) >= 11 is 6.04. The summed E-state index contributed by atoms with van der Waals surface area (Å²) in [5.74, 6) is 0. The molecule has 0 aliphatic heterocycles. The third kappa shape index (κ3) is 5.02. The second kappa shape index (κ2) is 10.6. The Labute approximate surface area is 179 Å². The summed E-state index contributed by atoms with van der Waals surface area (Å²) in [7, 11) is 0. The average molecular weight is 435 g/mol. The monoisotopic (exact) mass is 434 g/mol. The average Bonchev–Trinajstić information content (AvgIpc) is 3.04. The summed E-state index contributed by atoms with van der Waals surface area (Å²) in [6.07, 6.45) is 0.656. The van der Waals surface area contributed by atoms with Gasteiger partial charge in [0, 0.05) is 43.9 Å². The van der Waals surface area contributed by atoms with Gasteiger partial charge in [0.2, 0.25) is 0 Å². The predicted octanol–water partition coefficient (Wildman–Crippen LogP) is 1.82. The van der Waals surface area contributed by atoms with Gasteiger partial charge in [0.05, 0.1) is 29.7 Å².